The maximum absolute atomic E-state index is 12.5. The highest BCUT2D eigenvalue weighted by Gasteiger charge is 2.30. The molecule has 0 bridgehead atoms. The standard InChI is InChI=1S/C12H12ClF3N4O/c13-10-5-8(12(14,15)16)1-2-11(10)17-6-9-7-20(3-4-21)19-18-9/h1-2,5,7,17,21H,3-4,6H2. The van der Waals surface area contributed by atoms with E-state index in [4.69, 9.17) is 16.7 Å². The van der Waals surface area contributed by atoms with E-state index < -0.39 is 11.7 Å². The average molecular weight is 321 g/mol. The van der Waals surface area contributed by atoms with Crippen LogP contribution in [0.4, 0.5) is 18.9 Å². The van der Waals surface area contributed by atoms with Gasteiger partial charge in [-0.25, -0.2) is 4.68 Å². The van der Waals surface area contributed by atoms with Crippen LogP contribution in [0.3, 0.4) is 0 Å². The number of nitrogens with one attached hydrogen (secondary N) is 1. The van der Waals surface area contributed by atoms with Crippen molar-refractivity contribution in [1.82, 2.24) is 15.0 Å². The fourth-order valence-corrected chi connectivity index (χ4v) is 1.90. The maximum Gasteiger partial charge on any atom is 0.416 e. The molecule has 0 aliphatic carbocycles. The van der Waals surface area contributed by atoms with Crippen LogP contribution in [0.25, 0.3) is 0 Å². The fourth-order valence-electron chi connectivity index (χ4n) is 1.65. The van der Waals surface area contributed by atoms with Gasteiger partial charge >= 0.3 is 6.18 Å². The molecule has 2 N–H and O–H groups in total. The SMILES string of the molecule is OCCn1cc(CNc2ccc(C(F)(F)F)cc2Cl)nn1. The van der Waals surface area contributed by atoms with Crippen molar-refractivity contribution in [2.45, 2.75) is 19.3 Å². The Kier molecular flexibility index (Phi) is 4.69. The first-order chi connectivity index (χ1) is 9.90. The normalized spacial score (nSPS) is 11.7. The lowest BCUT2D eigenvalue weighted by Crippen LogP contribution is -2.06. The monoisotopic (exact) mass is 320 g/mol. The number of rotatable bonds is 5. The number of halogens is 4. The Labute approximate surface area is 123 Å². The van der Waals surface area contributed by atoms with Crippen molar-refractivity contribution in [1.29, 1.82) is 0 Å². The molecule has 0 saturated heterocycles. The van der Waals surface area contributed by atoms with E-state index in [0.717, 1.165) is 12.1 Å². The number of aliphatic hydroxyl groups excluding tert-OH is 1. The second kappa shape index (κ2) is 6.31. The number of alkyl halides is 3. The summed E-state index contributed by atoms with van der Waals surface area (Å²) in [6.45, 7) is 0.533. The van der Waals surface area contributed by atoms with Gasteiger partial charge in [-0.15, -0.1) is 5.10 Å². The van der Waals surface area contributed by atoms with Crippen LogP contribution in [0, 0.1) is 0 Å². The summed E-state index contributed by atoms with van der Waals surface area (Å²) in [7, 11) is 0. The highest BCUT2D eigenvalue weighted by molar-refractivity contribution is 6.33. The van der Waals surface area contributed by atoms with E-state index in [1.54, 1.807) is 6.20 Å². The Morgan fingerprint density at radius 2 is 2.10 bits per heavy atom. The lowest BCUT2D eigenvalue weighted by Gasteiger charge is -2.10. The number of hydrogen-bond donors (Lipinski definition) is 2. The quantitative estimate of drug-likeness (QED) is 0.889. The molecule has 0 unspecified atom stereocenters. The van der Waals surface area contributed by atoms with E-state index in [-0.39, 0.29) is 18.2 Å². The minimum absolute atomic E-state index is 0.0208. The molecule has 1 aromatic carbocycles. The Hall–Kier alpha value is -1.80. The zero-order chi connectivity index (χ0) is 15.5. The number of anilines is 1. The van der Waals surface area contributed by atoms with Crippen LogP contribution in [0.2, 0.25) is 5.02 Å². The van der Waals surface area contributed by atoms with Gasteiger partial charge in [0.1, 0.15) is 5.69 Å². The summed E-state index contributed by atoms with van der Waals surface area (Å²) in [6, 6.07) is 3.09. The van der Waals surface area contributed by atoms with Crippen molar-refractivity contribution in [3.8, 4) is 0 Å². The summed E-state index contributed by atoms with van der Waals surface area (Å²) in [5.41, 5.74) is 0.160. The molecular formula is C12H12ClF3N4O. The molecule has 1 aromatic heterocycles. The fraction of sp³-hybridized carbons (Fsp3) is 0.333. The van der Waals surface area contributed by atoms with E-state index in [1.807, 2.05) is 0 Å². The summed E-state index contributed by atoms with van der Waals surface area (Å²) >= 11 is 5.82. The second-order valence-electron chi connectivity index (χ2n) is 4.24. The van der Waals surface area contributed by atoms with Gasteiger partial charge < -0.3 is 10.4 Å². The van der Waals surface area contributed by atoms with Gasteiger partial charge in [0, 0.05) is 0 Å². The van der Waals surface area contributed by atoms with E-state index in [2.05, 4.69) is 15.6 Å². The van der Waals surface area contributed by atoms with Crippen molar-refractivity contribution < 1.29 is 18.3 Å². The van der Waals surface area contributed by atoms with Gasteiger partial charge in [0.05, 0.1) is 42.2 Å². The van der Waals surface area contributed by atoms with E-state index >= 15 is 0 Å². The predicted molar refractivity (Wildman–Crippen MR) is 70.9 cm³/mol. The molecule has 0 atom stereocenters. The number of aromatic nitrogens is 3. The molecule has 2 rings (SSSR count). The van der Waals surface area contributed by atoms with Gasteiger partial charge in [-0.05, 0) is 18.2 Å². The van der Waals surface area contributed by atoms with Crippen molar-refractivity contribution >= 4 is 17.3 Å². The molecule has 114 valence electrons. The van der Waals surface area contributed by atoms with Crippen molar-refractivity contribution in [3.63, 3.8) is 0 Å². The first-order valence-corrected chi connectivity index (χ1v) is 6.38. The molecular weight excluding hydrogens is 309 g/mol. The Morgan fingerprint density at radius 1 is 1.33 bits per heavy atom. The van der Waals surface area contributed by atoms with Gasteiger partial charge in [0.2, 0.25) is 0 Å². The highest BCUT2D eigenvalue weighted by Crippen LogP contribution is 2.33. The number of hydrogen-bond acceptors (Lipinski definition) is 4. The lowest BCUT2D eigenvalue weighted by atomic mass is 10.2. The van der Waals surface area contributed by atoms with Crippen LogP contribution in [-0.4, -0.2) is 26.7 Å². The molecule has 0 amide bonds. The Morgan fingerprint density at radius 3 is 2.71 bits per heavy atom. The van der Waals surface area contributed by atoms with Crippen LogP contribution in [0.15, 0.2) is 24.4 Å². The summed E-state index contributed by atoms with van der Waals surface area (Å²) in [5, 5.41) is 19.2. The topological polar surface area (TPSA) is 63.0 Å². The predicted octanol–water partition coefficient (Wildman–Crippen LogP) is 2.55. The third-order valence-corrected chi connectivity index (χ3v) is 2.98. The molecule has 5 nitrogen and oxygen atoms in total. The van der Waals surface area contributed by atoms with Crippen LogP contribution in [0.5, 0.6) is 0 Å². The van der Waals surface area contributed by atoms with Gasteiger partial charge in [-0.2, -0.15) is 13.2 Å². The molecule has 21 heavy (non-hydrogen) atoms. The first-order valence-electron chi connectivity index (χ1n) is 6.00. The molecule has 0 spiro atoms. The van der Waals surface area contributed by atoms with Crippen LogP contribution in [0.1, 0.15) is 11.3 Å². The van der Waals surface area contributed by atoms with Crippen molar-refractivity contribution in [3.05, 3.63) is 40.7 Å². The summed E-state index contributed by atoms with van der Waals surface area (Å²) in [6.07, 6.45) is -2.80. The van der Waals surface area contributed by atoms with Crippen molar-refractivity contribution in [2.24, 2.45) is 0 Å². The summed E-state index contributed by atoms with van der Waals surface area (Å²) in [5.74, 6) is 0. The molecule has 0 fully saturated rings. The van der Waals surface area contributed by atoms with Gasteiger partial charge in [-0.3, -0.25) is 0 Å². The summed E-state index contributed by atoms with van der Waals surface area (Å²) in [4.78, 5) is 0. The third kappa shape index (κ3) is 4.08. The highest BCUT2D eigenvalue weighted by atomic mass is 35.5. The number of aliphatic hydroxyl groups is 1. The molecule has 0 aliphatic rings. The zero-order valence-electron chi connectivity index (χ0n) is 10.7. The van der Waals surface area contributed by atoms with E-state index in [1.165, 1.54) is 10.7 Å². The Bertz CT molecular complexity index is 615. The second-order valence-corrected chi connectivity index (χ2v) is 4.65. The summed E-state index contributed by atoms with van der Waals surface area (Å²) < 4.78 is 39.0. The number of benzene rings is 1. The van der Waals surface area contributed by atoms with E-state index in [0.29, 0.717) is 17.9 Å². The van der Waals surface area contributed by atoms with Gasteiger partial charge in [0.25, 0.3) is 0 Å². The average Bonchev–Trinajstić information content (AvgIpc) is 2.84. The van der Waals surface area contributed by atoms with Crippen LogP contribution >= 0.6 is 11.6 Å². The maximum atomic E-state index is 12.5. The molecule has 0 aliphatic heterocycles. The zero-order valence-corrected chi connectivity index (χ0v) is 11.5. The Balaban J connectivity index is 2.02. The molecule has 0 saturated carbocycles. The lowest BCUT2D eigenvalue weighted by molar-refractivity contribution is -0.137. The van der Waals surface area contributed by atoms with Gasteiger partial charge in [-0.1, -0.05) is 16.8 Å². The number of nitrogens with zero attached hydrogens (tertiary/aromatic N) is 3. The van der Waals surface area contributed by atoms with Crippen LogP contribution in [-0.2, 0) is 19.3 Å². The molecule has 0 radical (unpaired) electrons. The van der Waals surface area contributed by atoms with Gasteiger partial charge in [0.15, 0.2) is 0 Å². The third-order valence-electron chi connectivity index (χ3n) is 2.67. The van der Waals surface area contributed by atoms with Crippen LogP contribution < -0.4 is 5.32 Å². The smallest absolute Gasteiger partial charge is 0.394 e. The largest absolute Gasteiger partial charge is 0.416 e. The first kappa shape index (κ1) is 15.6. The molecule has 1 heterocycles. The van der Waals surface area contributed by atoms with Crippen molar-refractivity contribution in [2.75, 3.05) is 11.9 Å². The van der Waals surface area contributed by atoms with E-state index in [9.17, 15) is 13.2 Å². The minimum Gasteiger partial charge on any atom is -0.394 e. The molecule has 2 aromatic rings. The molecule has 9 heteroatoms. The minimum atomic E-state index is -4.42.